The van der Waals surface area contributed by atoms with Crippen molar-refractivity contribution in [2.45, 2.75) is 25.4 Å². The summed E-state index contributed by atoms with van der Waals surface area (Å²) in [5, 5.41) is 14.2. The maximum atomic E-state index is 10.7. The first-order valence-electron chi connectivity index (χ1n) is 6.76. The van der Waals surface area contributed by atoms with Gasteiger partial charge in [0.1, 0.15) is 0 Å². The Morgan fingerprint density at radius 2 is 1.80 bits per heavy atom. The lowest BCUT2D eigenvalue weighted by molar-refractivity contribution is -0.384. The van der Waals surface area contributed by atoms with Gasteiger partial charge in [-0.2, -0.15) is 0 Å². The minimum atomic E-state index is -0.352. The van der Waals surface area contributed by atoms with Crippen LogP contribution >= 0.6 is 0 Å². The first kappa shape index (κ1) is 12.8. The van der Waals surface area contributed by atoms with Crippen molar-refractivity contribution in [1.29, 1.82) is 0 Å². The minimum Gasteiger partial charge on any atom is -0.309 e. The molecule has 4 heteroatoms. The molecule has 0 bridgehead atoms. The normalized spacial score (nSPS) is 14.2. The predicted octanol–water partition coefficient (Wildman–Crippen LogP) is 2.85. The number of non-ortho nitro benzene ring substituents is 1. The third-order valence-electron chi connectivity index (χ3n) is 3.77. The van der Waals surface area contributed by atoms with E-state index in [1.165, 1.54) is 17.2 Å². The Hall–Kier alpha value is -2.20. The average Bonchev–Trinajstić information content (AvgIpc) is 2.88. The molecule has 0 spiro atoms. The van der Waals surface area contributed by atoms with Crippen LogP contribution in [0.3, 0.4) is 0 Å². The van der Waals surface area contributed by atoms with Crippen molar-refractivity contribution in [2.75, 3.05) is 0 Å². The van der Waals surface area contributed by atoms with E-state index in [0.717, 1.165) is 18.4 Å². The van der Waals surface area contributed by atoms with Crippen LogP contribution in [0.5, 0.6) is 0 Å². The lowest BCUT2D eigenvalue weighted by atomic mass is 10.1. The largest absolute Gasteiger partial charge is 0.309 e. The van der Waals surface area contributed by atoms with Crippen LogP contribution in [-0.4, -0.2) is 11.0 Å². The summed E-state index contributed by atoms with van der Waals surface area (Å²) >= 11 is 0. The van der Waals surface area contributed by atoms with Gasteiger partial charge in [-0.1, -0.05) is 36.4 Å². The Labute approximate surface area is 117 Å². The topological polar surface area (TPSA) is 55.2 Å². The van der Waals surface area contributed by atoms with E-state index in [-0.39, 0.29) is 10.6 Å². The van der Waals surface area contributed by atoms with Crippen LogP contribution < -0.4 is 5.32 Å². The lowest BCUT2D eigenvalue weighted by Gasteiger charge is -2.11. The Morgan fingerprint density at radius 1 is 1.10 bits per heavy atom. The Morgan fingerprint density at radius 3 is 2.45 bits per heavy atom. The van der Waals surface area contributed by atoms with Crippen molar-refractivity contribution >= 4 is 5.69 Å². The highest BCUT2D eigenvalue weighted by atomic mass is 16.6. The van der Waals surface area contributed by atoms with Gasteiger partial charge in [0.05, 0.1) is 4.92 Å². The van der Waals surface area contributed by atoms with Crippen molar-refractivity contribution in [2.24, 2.45) is 0 Å². The minimum absolute atomic E-state index is 0.152. The molecule has 0 aliphatic heterocycles. The molecule has 3 rings (SSSR count). The summed E-state index contributed by atoms with van der Waals surface area (Å²) in [6.07, 6.45) is 2.07. The van der Waals surface area contributed by atoms with E-state index in [2.05, 4.69) is 29.6 Å². The van der Waals surface area contributed by atoms with Crippen molar-refractivity contribution in [3.8, 4) is 0 Å². The quantitative estimate of drug-likeness (QED) is 0.685. The van der Waals surface area contributed by atoms with Crippen molar-refractivity contribution in [3.63, 3.8) is 0 Å². The van der Waals surface area contributed by atoms with Gasteiger partial charge in [0, 0.05) is 24.7 Å². The summed E-state index contributed by atoms with van der Waals surface area (Å²) in [5.74, 6) is 0. The summed E-state index contributed by atoms with van der Waals surface area (Å²) in [6, 6.07) is 15.7. The maximum Gasteiger partial charge on any atom is 0.269 e. The Balaban J connectivity index is 1.61. The molecule has 0 radical (unpaired) electrons. The van der Waals surface area contributed by atoms with Crippen LogP contribution in [0.2, 0.25) is 0 Å². The molecule has 0 unspecified atom stereocenters. The summed E-state index contributed by atoms with van der Waals surface area (Å²) in [4.78, 5) is 10.4. The molecule has 102 valence electrons. The van der Waals surface area contributed by atoms with E-state index in [9.17, 15) is 10.1 Å². The number of benzene rings is 2. The smallest absolute Gasteiger partial charge is 0.269 e. The fraction of sp³-hybridized carbons (Fsp3) is 0.250. The van der Waals surface area contributed by atoms with Gasteiger partial charge in [-0.3, -0.25) is 10.1 Å². The van der Waals surface area contributed by atoms with Gasteiger partial charge >= 0.3 is 0 Å². The first-order valence-corrected chi connectivity index (χ1v) is 6.76. The molecule has 2 aromatic rings. The standard InChI is InChI=1S/C16H16N2O2/c19-18(20)16-7-3-4-12(8-16)11-17-15-9-13-5-1-2-6-14(13)10-15/h1-8,15,17H,9-11H2. The van der Waals surface area contributed by atoms with E-state index < -0.39 is 0 Å². The van der Waals surface area contributed by atoms with Gasteiger partial charge in [0.25, 0.3) is 5.69 Å². The second-order valence-electron chi connectivity index (χ2n) is 5.18. The van der Waals surface area contributed by atoms with Gasteiger partial charge in [0.2, 0.25) is 0 Å². The molecular formula is C16H16N2O2. The van der Waals surface area contributed by atoms with Gasteiger partial charge in [-0.05, 0) is 29.5 Å². The molecule has 0 amide bonds. The predicted molar refractivity (Wildman–Crippen MR) is 77.6 cm³/mol. The van der Waals surface area contributed by atoms with Crippen LogP contribution in [0.25, 0.3) is 0 Å². The summed E-state index contributed by atoms with van der Waals surface area (Å²) in [6.45, 7) is 0.667. The molecule has 0 saturated carbocycles. The fourth-order valence-electron chi connectivity index (χ4n) is 2.75. The number of nitrogens with zero attached hydrogens (tertiary/aromatic N) is 1. The highest BCUT2D eigenvalue weighted by molar-refractivity contribution is 5.35. The highest BCUT2D eigenvalue weighted by Gasteiger charge is 2.20. The monoisotopic (exact) mass is 268 g/mol. The molecule has 0 atom stereocenters. The highest BCUT2D eigenvalue weighted by Crippen LogP contribution is 2.22. The molecule has 4 nitrogen and oxygen atoms in total. The van der Waals surface area contributed by atoms with Crippen LogP contribution in [-0.2, 0) is 19.4 Å². The number of nitrogens with one attached hydrogen (secondary N) is 1. The van der Waals surface area contributed by atoms with Crippen molar-refractivity contribution < 1.29 is 4.92 Å². The van der Waals surface area contributed by atoms with Gasteiger partial charge in [-0.25, -0.2) is 0 Å². The van der Waals surface area contributed by atoms with Crippen LogP contribution in [0.1, 0.15) is 16.7 Å². The van der Waals surface area contributed by atoms with E-state index in [0.29, 0.717) is 12.6 Å². The third kappa shape index (κ3) is 2.70. The number of hydrogen-bond donors (Lipinski definition) is 1. The molecule has 1 N–H and O–H groups in total. The number of nitro benzene ring substituents is 1. The Bertz CT molecular complexity index is 615. The number of nitro groups is 1. The molecule has 1 aliphatic rings. The van der Waals surface area contributed by atoms with Gasteiger partial charge < -0.3 is 5.32 Å². The molecule has 2 aromatic carbocycles. The van der Waals surface area contributed by atoms with Crippen molar-refractivity contribution in [1.82, 2.24) is 5.32 Å². The van der Waals surface area contributed by atoms with Crippen LogP contribution in [0, 0.1) is 10.1 Å². The summed E-state index contributed by atoms with van der Waals surface area (Å²) < 4.78 is 0. The molecule has 1 aliphatic carbocycles. The molecule has 0 aromatic heterocycles. The second kappa shape index (κ2) is 5.43. The third-order valence-corrected chi connectivity index (χ3v) is 3.77. The molecule has 0 heterocycles. The number of rotatable bonds is 4. The van der Waals surface area contributed by atoms with Crippen LogP contribution in [0.15, 0.2) is 48.5 Å². The van der Waals surface area contributed by atoms with E-state index in [1.807, 2.05) is 6.07 Å². The van der Waals surface area contributed by atoms with E-state index in [1.54, 1.807) is 12.1 Å². The summed E-state index contributed by atoms with van der Waals surface area (Å²) in [5.41, 5.74) is 3.92. The second-order valence-corrected chi connectivity index (χ2v) is 5.18. The Kier molecular flexibility index (Phi) is 3.48. The van der Waals surface area contributed by atoms with E-state index in [4.69, 9.17) is 0 Å². The average molecular weight is 268 g/mol. The molecule has 0 saturated heterocycles. The molecular weight excluding hydrogens is 252 g/mol. The zero-order valence-electron chi connectivity index (χ0n) is 11.1. The first-order chi connectivity index (χ1) is 9.72. The zero-order chi connectivity index (χ0) is 13.9. The van der Waals surface area contributed by atoms with E-state index >= 15 is 0 Å². The number of hydrogen-bond acceptors (Lipinski definition) is 3. The maximum absolute atomic E-state index is 10.7. The molecule has 20 heavy (non-hydrogen) atoms. The van der Waals surface area contributed by atoms with Gasteiger partial charge in [0.15, 0.2) is 0 Å². The van der Waals surface area contributed by atoms with Gasteiger partial charge in [-0.15, -0.1) is 0 Å². The lowest BCUT2D eigenvalue weighted by Crippen LogP contribution is -2.28. The fourth-order valence-corrected chi connectivity index (χ4v) is 2.75. The summed E-state index contributed by atoms with van der Waals surface area (Å²) in [7, 11) is 0. The van der Waals surface area contributed by atoms with Crippen LogP contribution in [0.4, 0.5) is 5.69 Å². The SMILES string of the molecule is O=[N+]([O-])c1cccc(CNC2Cc3ccccc3C2)c1. The molecule has 0 fully saturated rings. The number of fused-ring (bicyclic) bond motifs is 1. The van der Waals surface area contributed by atoms with Crippen molar-refractivity contribution in [3.05, 3.63) is 75.3 Å². The zero-order valence-corrected chi connectivity index (χ0v) is 11.1.